The summed E-state index contributed by atoms with van der Waals surface area (Å²) < 4.78 is 26.8. The molecule has 0 aliphatic rings. The lowest BCUT2D eigenvalue weighted by atomic mass is 10.0. The molecule has 6 heteroatoms. The van der Waals surface area contributed by atoms with Gasteiger partial charge in [0.25, 0.3) is 0 Å². The Balaban J connectivity index is 1.99. The molecule has 31 heavy (non-hydrogen) atoms. The first-order valence-corrected chi connectivity index (χ1v) is 13.9. The normalized spacial score (nSPS) is 11.5. The van der Waals surface area contributed by atoms with Gasteiger partial charge in [0, 0.05) is 0 Å². The van der Waals surface area contributed by atoms with Crippen LogP contribution in [0.3, 0.4) is 0 Å². The summed E-state index contributed by atoms with van der Waals surface area (Å²) in [5, 5.41) is 9.15. The van der Waals surface area contributed by atoms with Crippen LogP contribution < -0.4 is 4.72 Å². The first-order chi connectivity index (χ1) is 15.0. The molecule has 2 N–H and O–H groups in total. The molecular formula is C25H43NO4S. The first kappa shape index (κ1) is 27.5. The maximum absolute atomic E-state index is 12.2. The van der Waals surface area contributed by atoms with Gasteiger partial charge in [0.2, 0.25) is 10.0 Å². The fourth-order valence-electron chi connectivity index (χ4n) is 3.82. The van der Waals surface area contributed by atoms with Crippen molar-refractivity contribution in [3.8, 4) is 0 Å². The molecule has 0 bridgehead atoms. The lowest BCUT2D eigenvalue weighted by Crippen LogP contribution is -2.18. The van der Waals surface area contributed by atoms with Crippen LogP contribution >= 0.6 is 0 Å². The van der Waals surface area contributed by atoms with Crippen molar-refractivity contribution in [3.63, 3.8) is 0 Å². The minimum atomic E-state index is -3.52. The number of carbonyl (C=O) groups is 1. The molecule has 0 saturated carbocycles. The second-order valence-corrected chi connectivity index (χ2v) is 10.4. The zero-order valence-corrected chi connectivity index (χ0v) is 20.2. The number of carboxylic acids is 1. The molecule has 1 aromatic carbocycles. The summed E-state index contributed by atoms with van der Waals surface area (Å²) in [6.45, 7) is 2.26. The van der Waals surface area contributed by atoms with E-state index < -0.39 is 16.0 Å². The topological polar surface area (TPSA) is 83.5 Å². The van der Waals surface area contributed by atoms with Gasteiger partial charge in [-0.05, 0) is 18.6 Å². The minimum absolute atomic E-state index is 0.0272. The van der Waals surface area contributed by atoms with Gasteiger partial charge in [-0.25, -0.2) is 13.2 Å². The van der Waals surface area contributed by atoms with Crippen LogP contribution in [0.2, 0.25) is 0 Å². The van der Waals surface area contributed by atoms with Crippen molar-refractivity contribution >= 4 is 21.7 Å². The molecule has 0 heterocycles. The lowest BCUT2D eigenvalue weighted by molar-refractivity contribution is 0.0698. The number of nitrogens with one attached hydrogen (secondary N) is 1. The third kappa shape index (κ3) is 14.2. The van der Waals surface area contributed by atoms with Crippen molar-refractivity contribution in [2.75, 3.05) is 10.5 Å². The Bertz CT molecular complexity index is 703. The number of carboxylic acid groups (broad SMARTS) is 1. The summed E-state index contributed by atoms with van der Waals surface area (Å²) in [5.41, 5.74) is 0.101. The number of anilines is 1. The molecule has 0 atom stereocenters. The highest BCUT2D eigenvalue weighted by molar-refractivity contribution is 7.92. The van der Waals surface area contributed by atoms with Gasteiger partial charge in [0.05, 0.1) is 17.0 Å². The van der Waals surface area contributed by atoms with Gasteiger partial charge in [-0.1, -0.05) is 115 Å². The average Bonchev–Trinajstić information content (AvgIpc) is 2.73. The summed E-state index contributed by atoms with van der Waals surface area (Å²) in [6, 6.07) is 6.08. The molecule has 0 amide bonds. The van der Waals surface area contributed by atoms with Gasteiger partial charge in [0.15, 0.2) is 0 Å². The third-order valence-corrected chi connectivity index (χ3v) is 7.05. The zero-order chi connectivity index (χ0) is 22.8. The molecule has 0 radical (unpaired) electrons. The Labute approximate surface area is 190 Å². The summed E-state index contributed by atoms with van der Waals surface area (Å²) in [6.07, 6.45) is 19.9. The van der Waals surface area contributed by atoms with Crippen LogP contribution in [-0.2, 0) is 10.0 Å². The van der Waals surface area contributed by atoms with Gasteiger partial charge >= 0.3 is 5.97 Å². The van der Waals surface area contributed by atoms with E-state index in [1.165, 1.54) is 89.2 Å². The smallest absolute Gasteiger partial charge is 0.337 e. The number of sulfonamides is 1. The maximum atomic E-state index is 12.2. The van der Waals surface area contributed by atoms with E-state index in [9.17, 15) is 13.2 Å². The summed E-state index contributed by atoms with van der Waals surface area (Å²) in [7, 11) is -3.52. The molecular weight excluding hydrogens is 410 g/mol. The van der Waals surface area contributed by atoms with E-state index in [2.05, 4.69) is 11.6 Å². The van der Waals surface area contributed by atoms with E-state index in [-0.39, 0.29) is 17.0 Å². The molecule has 0 spiro atoms. The highest BCUT2D eigenvalue weighted by atomic mass is 32.2. The van der Waals surface area contributed by atoms with Gasteiger partial charge in [-0.15, -0.1) is 0 Å². The van der Waals surface area contributed by atoms with E-state index in [1.807, 2.05) is 0 Å². The molecule has 0 unspecified atom stereocenters. The fraction of sp³-hybridized carbons (Fsp3) is 0.720. The van der Waals surface area contributed by atoms with Crippen LogP contribution in [0.15, 0.2) is 24.3 Å². The molecule has 0 fully saturated rings. The summed E-state index contributed by atoms with van der Waals surface area (Å²) in [4.78, 5) is 11.2. The third-order valence-electron chi connectivity index (χ3n) is 5.69. The number of hydrogen-bond donors (Lipinski definition) is 2. The predicted molar refractivity (Wildman–Crippen MR) is 130 cm³/mol. The molecule has 5 nitrogen and oxygen atoms in total. The van der Waals surface area contributed by atoms with Crippen molar-refractivity contribution in [1.82, 2.24) is 0 Å². The Kier molecular flexibility index (Phi) is 15.1. The number of para-hydroxylation sites is 1. The molecule has 178 valence electrons. The van der Waals surface area contributed by atoms with E-state index >= 15 is 0 Å². The highest BCUT2D eigenvalue weighted by Gasteiger charge is 2.15. The zero-order valence-electron chi connectivity index (χ0n) is 19.4. The Morgan fingerprint density at radius 2 is 1.16 bits per heavy atom. The van der Waals surface area contributed by atoms with Crippen molar-refractivity contribution in [1.29, 1.82) is 0 Å². The minimum Gasteiger partial charge on any atom is -0.478 e. The monoisotopic (exact) mass is 453 g/mol. The van der Waals surface area contributed by atoms with Crippen LogP contribution in [0.5, 0.6) is 0 Å². The maximum Gasteiger partial charge on any atom is 0.337 e. The SMILES string of the molecule is CCCCCCCCCCCCCCCCCCS(=O)(=O)Nc1ccccc1C(=O)O. The first-order valence-electron chi connectivity index (χ1n) is 12.3. The number of aromatic carboxylic acids is 1. The van der Waals surface area contributed by atoms with Crippen LogP contribution in [0, 0.1) is 0 Å². The van der Waals surface area contributed by atoms with Crippen LogP contribution in [0.25, 0.3) is 0 Å². The molecule has 0 saturated heterocycles. The van der Waals surface area contributed by atoms with Crippen LogP contribution in [-0.4, -0.2) is 25.2 Å². The second-order valence-electron chi connectivity index (χ2n) is 8.57. The molecule has 0 aliphatic carbocycles. The number of rotatable bonds is 20. The van der Waals surface area contributed by atoms with E-state index in [0.29, 0.717) is 6.42 Å². The molecule has 1 aromatic rings. The molecule has 1 rings (SSSR count). The Morgan fingerprint density at radius 3 is 1.61 bits per heavy atom. The Hall–Kier alpha value is -1.56. The van der Waals surface area contributed by atoms with Crippen molar-refractivity contribution in [2.45, 2.75) is 110 Å². The fourth-order valence-corrected chi connectivity index (χ4v) is 5.02. The predicted octanol–water partition coefficient (Wildman–Crippen LogP) is 7.39. The van der Waals surface area contributed by atoms with Crippen LogP contribution in [0.1, 0.15) is 120 Å². The molecule has 0 aliphatic heterocycles. The standard InChI is InChI=1S/C25H43NO4S/c1-2-3-4-5-6-7-8-9-10-11-12-13-14-15-16-19-22-31(29,30)26-24-21-18-17-20-23(24)25(27)28/h17-18,20-21,26H,2-16,19,22H2,1H3,(H,27,28). The highest BCUT2D eigenvalue weighted by Crippen LogP contribution is 2.18. The molecule has 0 aromatic heterocycles. The van der Waals surface area contributed by atoms with E-state index in [4.69, 9.17) is 5.11 Å². The quantitative estimate of drug-likeness (QED) is 0.202. The van der Waals surface area contributed by atoms with E-state index in [1.54, 1.807) is 12.1 Å². The van der Waals surface area contributed by atoms with Crippen molar-refractivity contribution < 1.29 is 18.3 Å². The van der Waals surface area contributed by atoms with Crippen molar-refractivity contribution in [2.24, 2.45) is 0 Å². The average molecular weight is 454 g/mol. The number of hydrogen-bond acceptors (Lipinski definition) is 3. The Morgan fingerprint density at radius 1 is 0.742 bits per heavy atom. The summed E-state index contributed by atoms with van der Waals surface area (Å²) in [5.74, 6) is -1.11. The van der Waals surface area contributed by atoms with Crippen LogP contribution in [0.4, 0.5) is 5.69 Å². The van der Waals surface area contributed by atoms with Gasteiger partial charge in [-0.2, -0.15) is 0 Å². The summed E-state index contributed by atoms with van der Waals surface area (Å²) >= 11 is 0. The second kappa shape index (κ2) is 17.0. The van der Waals surface area contributed by atoms with E-state index in [0.717, 1.165) is 19.3 Å². The number of benzene rings is 1. The lowest BCUT2D eigenvalue weighted by Gasteiger charge is -2.10. The van der Waals surface area contributed by atoms with Gasteiger partial charge in [0.1, 0.15) is 0 Å². The largest absolute Gasteiger partial charge is 0.478 e. The van der Waals surface area contributed by atoms with Gasteiger partial charge in [-0.3, -0.25) is 4.72 Å². The number of unbranched alkanes of at least 4 members (excludes halogenated alkanes) is 15. The van der Waals surface area contributed by atoms with Crippen molar-refractivity contribution in [3.05, 3.63) is 29.8 Å². The van der Waals surface area contributed by atoms with Gasteiger partial charge < -0.3 is 5.11 Å².